The van der Waals surface area contributed by atoms with Crippen LogP contribution in [-0.2, 0) is 0 Å². The van der Waals surface area contributed by atoms with E-state index in [9.17, 15) is 0 Å². The maximum atomic E-state index is 8.75. The number of nitrogens with zero attached hydrogens (tertiary/aromatic N) is 1. The summed E-state index contributed by atoms with van der Waals surface area (Å²) in [6.45, 7) is 0. The summed E-state index contributed by atoms with van der Waals surface area (Å²) < 4.78 is 1.05. The van der Waals surface area contributed by atoms with Crippen molar-refractivity contribution >= 4 is 33.4 Å². The molecule has 1 aliphatic rings. The maximum absolute atomic E-state index is 8.75. The molecule has 0 bridgehead atoms. The van der Waals surface area contributed by atoms with Crippen LogP contribution in [0.4, 0.5) is 5.69 Å². The monoisotopic (exact) mass is 296 g/mol. The number of nitriles is 1. The van der Waals surface area contributed by atoms with Gasteiger partial charge in [0, 0.05) is 27.2 Å². The number of nitrogens with two attached hydrogens (primary N) is 1. The van der Waals surface area contributed by atoms with Crippen LogP contribution in [0.1, 0.15) is 19.3 Å². The standard InChI is InChI=1S/C12H13BrN2S/c13-9-1-2-10(15)11(7-9)16-8-12(3-4-12)5-6-14/h1-2,7H,3-5,8,15H2. The predicted octanol–water partition coefficient (Wildman–Crippen LogP) is 3.82. The number of hydrogen-bond donors (Lipinski definition) is 1. The first kappa shape index (κ1) is 11.8. The van der Waals surface area contributed by atoms with E-state index < -0.39 is 0 Å². The zero-order valence-corrected chi connectivity index (χ0v) is 11.3. The van der Waals surface area contributed by atoms with Crippen molar-refractivity contribution in [2.75, 3.05) is 11.5 Å². The molecule has 0 saturated heterocycles. The molecule has 1 aliphatic carbocycles. The Morgan fingerprint density at radius 2 is 2.25 bits per heavy atom. The van der Waals surface area contributed by atoms with Crippen LogP contribution < -0.4 is 5.73 Å². The van der Waals surface area contributed by atoms with Crippen LogP contribution in [0.15, 0.2) is 27.6 Å². The molecular weight excluding hydrogens is 284 g/mol. The smallest absolute Gasteiger partial charge is 0.0627 e. The second-order valence-corrected chi connectivity index (χ2v) is 6.24. The van der Waals surface area contributed by atoms with E-state index in [2.05, 4.69) is 22.0 Å². The SMILES string of the molecule is N#CCC1(CSc2cc(Br)ccc2N)CC1. The van der Waals surface area contributed by atoms with Gasteiger partial charge in [0.2, 0.25) is 0 Å². The minimum atomic E-state index is 0.272. The third-order valence-corrected chi connectivity index (χ3v) is 4.84. The molecule has 0 amide bonds. The van der Waals surface area contributed by atoms with Gasteiger partial charge in [-0.3, -0.25) is 0 Å². The van der Waals surface area contributed by atoms with Gasteiger partial charge in [-0.15, -0.1) is 11.8 Å². The molecule has 0 unspecified atom stereocenters. The topological polar surface area (TPSA) is 49.8 Å². The molecule has 16 heavy (non-hydrogen) atoms. The summed E-state index contributed by atoms with van der Waals surface area (Å²) in [7, 11) is 0. The van der Waals surface area contributed by atoms with E-state index in [1.807, 2.05) is 18.2 Å². The van der Waals surface area contributed by atoms with Gasteiger partial charge in [-0.05, 0) is 36.5 Å². The summed E-state index contributed by atoms with van der Waals surface area (Å²) in [5.41, 5.74) is 7.00. The average molecular weight is 297 g/mol. The van der Waals surface area contributed by atoms with Crippen LogP contribution >= 0.6 is 27.7 Å². The number of rotatable bonds is 4. The Hall–Kier alpha value is -0.660. The zero-order valence-electron chi connectivity index (χ0n) is 8.87. The van der Waals surface area contributed by atoms with Crippen molar-refractivity contribution in [1.82, 2.24) is 0 Å². The van der Waals surface area contributed by atoms with Crippen LogP contribution in [-0.4, -0.2) is 5.75 Å². The molecule has 84 valence electrons. The lowest BCUT2D eigenvalue weighted by molar-refractivity contribution is 0.604. The largest absolute Gasteiger partial charge is 0.398 e. The lowest BCUT2D eigenvalue weighted by atomic mass is 10.1. The molecule has 0 aromatic heterocycles. The number of hydrogen-bond acceptors (Lipinski definition) is 3. The highest BCUT2D eigenvalue weighted by molar-refractivity contribution is 9.10. The lowest BCUT2D eigenvalue weighted by Gasteiger charge is -2.11. The van der Waals surface area contributed by atoms with E-state index >= 15 is 0 Å². The van der Waals surface area contributed by atoms with Gasteiger partial charge in [0.15, 0.2) is 0 Å². The van der Waals surface area contributed by atoms with E-state index in [0.717, 1.165) is 20.8 Å². The summed E-state index contributed by atoms with van der Waals surface area (Å²) in [4.78, 5) is 1.11. The summed E-state index contributed by atoms with van der Waals surface area (Å²) in [5.74, 6) is 1.00. The average Bonchev–Trinajstić information content (AvgIpc) is 3.01. The molecule has 0 aliphatic heterocycles. The molecule has 0 heterocycles. The molecule has 2 rings (SSSR count). The third kappa shape index (κ3) is 2.72. The molecule has 2 nitrogen and oxygen atoms in total. The Morgan fingerprint density at radius 3 is 2.88 bits per heavy atom. The first-order valence-electron chi connectivity index (χ1n) is 5.20. The highest BCUT2D eigenvalue weighted by Crippen LogP contribution is 2.52. The van der Waals surface area contributed by atoms with Gasteiger partial charge >= 0.3 is 0 Å². The fraction of sp³-hybridized carbons (Fsp3) is 0.417. The zero-order chi connectivity index (χ0) is 11.6. The van der Waals surface area contributed by atoms with Crippen molar-refractivity contribution in [3.63, 3.8) is 0 Å². The third-order valence-electron chi connectivity index (χ3n) is 2.92. The molecule has 2 N–H and O–H groups in total. The molecule has 0 radical (unpaired) electrons. The number of anilines is 1. The number of halogens is 1. The van der Waals surface area contributed by atoms with Crippen molar-refractivity contribution in [3.05, 3.63) is 22.7 Å². The first-order valence-corrected chi connectivity index (χ1v) is 6.98. The van der Waals surface area contributed by atoms with Gasteiger partial charge in [0.1, 0.15) is 0 Å². The van der Waals surface area contributed by atoms with Gasteiger partial charge in [-0.25, -0.2) is 0 Å². The molecule has 4 heteroatoms. The van der Waals surface area contributed by atoms with Gasteiger partial charge in [0.05, 0.1) is 6.07 Å². The minimum Gasteiger partial charge on any atom is -0.398 e. The molecule has 1 aromatic rings. The molecule has 1 saturated carbocycles. The fourth-order valence-corrected chi connectivity index (χ4v) is 3.39. The number of nitrogen functional groups attached to an aromatic ring is 1. The Morgan fingerprint density at radius 1 is 1.50 bits per heavy atom. The summed E-state index contributed by atoms with van der Waals surface area (Å²) in [5, 5.41) is 8.75. The fourth-order valence-electron chi connectivity index (χ4n) is 1.58. The lowest BCUT2D eigenvalue weighted by Crippen LogP contribution is -2.02. The van der Waals surface area contributed by atoms with Gasteiger partial charge < -0.3 is 5.73 Å². The van der Waals surface area contributed by atoms with Crippen molar-refractivity contribution < 1.29 is 0 Å². The first-order chi connectivity index (χ1) is 7.65. The second-order valence-electron chi connectivity index (χ2n) is 4.31. The van der Waals surface area contributed by atoms with Gasteiger partial charge in [-0.1, -0.05) is 15.9 Å². The Balaban J connectivity index is 2.00. The van der Waals surface area contributed by atoms with Crippen LogP contribution in [0.25, 0.3) is 0 Å². The highest BCUT2D eigenvalue weighted by Gasteiger charge is 2.42. The van der Waals surface area contributed by atoms with E-state index in [1.54, 1.807) is 11.8 Å². The highest BCUT2D eigenvalue weighted by atomic mass is 79.9. The Kier molecular flexibility index (Phi) is 3.46. The van der Waals surface area contributed by atoms with Crippen LogP contribution in [0, 0.1) is 16.7 Å². The quantitative estimate of drug-likeness (QED) is 0.679. The van der Waals surface area contributed by atoms with Crippen molar-refractivity contribution in [2.24, 2.45) is 5.41 Å². The van der Waals surface area contributed by atoms with E-state index in [1.165, 1.54) is 12.8 Å². The molecule has 0 spiro atoms. The number of benzene rings is 1. The van der Waals surface area contributed by atoms with E-state index in [0.29, 0.717) is 6.42 Å². The summed E-state index contributed by atoms with van der Waals surface area (Å²) in [6, 6.07) is 8.18. The molecular formula is C12H13BrN2S. The van der Waals surface area contributed by atoms with Crippen molar-refractivity contribution in [2.45, 2.75) is 24.2 Å². The van der Waals surface area contributed by atoms with Gasteiger partial charge in [0.25, 0.3) is 0 Å². The predicted molar refractivity (Wildman–Crippen MR) is 71.2 cm³/mol. The van der Waals surface area contributed by atoms with Crippen molar-refractivity contribution in [3.8, 4) is 6.07 Å². The van der Waals surface area contributed by atoms with E-state index in [-0.39, 0.29) is 5.41 Å². The summed E-state index contributed by atoms with van der Waals surface area (Å²) in [6.07, 6.45) is 3.04. The maximum Gasteiger partial charge on any atom is 0.0627 e. The molecule has 1 fully saturated rings. The minimum absolute atomic E-state index is 0.272. The number of thioether (sulfide) groups is 1. The van der Waals surface area contributed by atoms with Crippen molar-refractivity contribution in [1.29, 1.82) is 5.26 Å². The Labute approximate surface area is 108 Å². The Bertz CT molecular complexity index is 435. The summed E-state index contributed by atoms with van der Waals surface area (Å²) >= 11 is 5.21. The van der Waals surface area contributed by atoms with Crippen LogP contribution in [0.5, 0.6) is 0 Å². The van der Waals surface area contributed by atoms with E-state index in [4.69, 9.17) is 11.0 Å². The molecule has 0 atom stereocenters. The van der Waals surface area contributed by atoms with Gasteiger partial charge in [-0.2, -0.15) is 5.26 Å². The van der Waals surface area contributed by atoms with Crippen LogP contribution in [0.3, 0.4) is 0 Å². The normalized spacial score (nSPS) is 16.8. The second kappa shape index (κ2) is 4.68. The molecule has 1 aromatic carbocycles. The van der Waals surface area contributed by atoms with Crippen LogP contribution in [0.2, 0.25) is 0 Å².